The van der Waals surface area contributed by atoms with Crippen LogP contribution in [-0.2, 0) is 0 Å². The van der Waals surface area contributed by atoms with Gasteiger partial charge < -0.3 is 4.42 Å². The second kappa shape index (κ2) is 1.75. The molecular weight excluding hydrogens is 100 g/mol. The normalized spacial score (nSPS) is 8.50. The van der Waals surface area contributed by atoms with Crippen molar-refractivity contribution >= 4 is 0 Å². The van der Waals surface area contributed by atoms with Gasteiger partial charge in [0.2, 0.25) is 0 Å². The molecule has 0 aliphatic carbocycles. The van der Waals surface area contributed by atoms with Gasteiger partial charge in [-0.2, -0.15) is 0 Å². The summed E-state index contributed by atoms with van der Waals surface area (Å²) in [6.45, 7) is 1.92. The first-order chi connectivity index (χ1) is 3.84. The zero-order chi connectivity index (χ0) is 5.98. The van der Waals surface area contributed by atoms with Crippen molar-refractivity contribution in [3.63, 3.8) is 0 Å². The van der Waals surface area contributed by atoms with Crippen molar-refractivity contribution in [3.8, 4) is 12.3 Å². The Morgan fingerprint density at radius 2 is 2.38 bits per heavy atom. The number of hydrogen-bond acceptors (Lipinski definition) is 1. The van der Waals surface area contributed by atoms with Gasteiger partial charge in [-0.05, 0) is 6.92 Å². The third-order valence-corrected chi connectivity index (χ3v) is 1.01. The van der Waals surface area contributed by atoms with Gasteiger partial charge in [-0.1, -0.05) is 5.92 Å². The van der Waals surface area contributed by atoms with Crippen molar-refractivity contribution in [2.45, 2.75) is 6.92 Å². The molecule has 8 heavy (non-hydrogen) atoms. The molecule has 1 aromatic heterocycles. The molecular formula is C7H6O. The smallest absolute Gasteiger partial charge is 0.106 e. The van der Waals surface area contributed by atoms with Crippen molar-refractivity contribution < 1.29 is 4.42 Å². The van der Waals surface area contributed by atoms with Crippen LogP contribution in [0.2, 0.25) is 0 Å². The summed E-state index contributed by atoms with van der Waals surface area (Å²) >= 11 is 0. The van der Waals surface area contributed by atoms with Crippen LogP contribution in [0.25, 0.3) is 0 Å². The van der Waals surface area contributed by atoms with Crippen molar-refractivity contribution in [1.29, 1.82) is 0 Å². The molecule has 0 atom stereocenters. The van der Waals surface area contributed by atoms with Crippen LogP contribution in [0.1, 0.15) is 11.1 Å². The maximum Gasteiger partial charge on any atom is 0.106 e. The number of hydrogen-bond donors (Lipinski definition) is 0. The van der Waals surface area contributed by atoms with Crippen LogP contribution in [0.5, 0.6) is 0 Å². The summed E-state index contributed by atoms with van der Waals surface area (Å²) in [5.41, 5.74) is 1.86. The quantitative estimate of drug-likeness (QED) is 0.457. The second-order valence-electron chi connectivity index (χ2n) is 1.61. The largest absolute Gasteiger partial charge is 0.471 e. The van der Waals surface area contributed by atoms with Crippen molar-refractivity contribution in [3.05, 3.63) is 23.7 Å². The van der Waals surface area contributed by atoms with Crippen molar-refractivity contribution in [2.75, 3.05) is 0 Å². The van der Waals surface area contributed by atoms with E-state index in [0.717, 1.165) is 11.1 Å². The monoisotopic (exact) mass is 106 g/mol. The topological polar surface area (TPSA) is 13.1 Å². The van der Waals surface area contributed by atoms with E-state index in [1.807, 2.05) is 6.92 Å². The summed E-state index contributed by atoms with van der Waals surface area (Å²) in [5, 5.41) is 0. The first-order valence-corrected chi connectivity index (χ1v) is 2.34. The minimum absolute atomic E-state index is 0.838. The van der Waals surface area contributed by atoms with Gasteiger partial charge in [0.05, 0.1) is 11.8 Å². The zero-order valence-corrected chi connectivity index (χ0v) is 4.64. The molecule has 1 nitrogen and oxygen atoms in total. The molecule has 0 amide bonds. The van der Waals surface area contributed by atoms with E-state index in [0.29, 0.717) is 0 Å². The van der Waals surface area contributed by atoms with Crippen LogP contribution < -0.4 is 0 Å². The molecule has 0 N–H and O–H groups in total. The molecule has 0 aliphatic rings. The molecule has 0 bridgehead atoms. The highest BCUT2D eigenvalue weighted by Gasteiger charge is 1.92. The molecule has 40 valence electrons. The maximum absolute atomic E-state index is 5.09. The van der Waals surface area contributed by atoms with Crippen LogP contribution in [-0.4, -0.2) is 0 Å². The lowest BCUT2D eigenvalue weighted by atomic mass is 10.2. The third-order valence-electron chi connectivity index (χ3n) is 1.01. The molecule has 0 saturated carbocycles. The summed E-state index contributed by atoms with van der Waals surface area (Å²) in [5.74, 6) is 2.48. The maximum atomic E-state index is 5.09. The lowest BCUT2D eigenvalue weighted by molar-refractivity contribution is 0.565. The van der Waals surface area contributed by atoms with E-state index in [1.54, 1.807) is 12.5 Å². The first-order valence-electron chi connectivity index (χ1n) is 2.34. The van der Waals surface area contributed by atoms with E-state index >= 15 is 0 Å². The van der Waals surface area contributed by atoms with Gasteiger partial charge in [-0.15, -0.1) is 6.42 Å². The van der Waals surface area contributed by atoms with Gasteiger partial charge in [0.25, 0.3) is 0 Å². The Kier molecular flexibility index (Phi) is 1.09. The number of rotatable bonds is 0. The number of terminal acetylenes is 1. The molecule has 0 saturated heterocycles. The van der Waals surface area contributed by atoms with E-state index in [4.69, 9.17) is 10.8 Å². The Morgan fingerprint density at radius 1 is 1.62 bits per heavy atom. The van der Waals surface area contributed by atoms with Gasteiger partial charge in [0.15, 0.2) is 0 Å². The molecule has 0 radical (unpaired) electrons. The minimum atomic E-state index is 0.838. The average molecular weight is 106 g/mol. The molecule has 0 unspecified atom stereocenters. The van der Waals surface area contributed by atoms with E-state index in [9.17, 15) is 0 Å². The molecule has 1 rings (SSSR count). The molecule has 1 heterocycles. The first kappa shape index (κ1) is 4.99. The van der Waals surface area contributed by atoms with Crippen molar-refractivity contribution in [2.24, 2.45) is 0 Å². The van der Waals surface area contributed by atoms with Gasteiger partial charge in [-0.25, -0.2) is 0 Å². The molecule has 0 fully saturated rings. The Labute approximate surface area is 48.3 Å². The predicted octanol–water partition coefficient (Wildman–Crippen LogP) is 1.57. The fourth-order valence-corrected chi connectivity index (χ4v) is 0.508. The van der Waals surface area contributed by atoms with E-state index < -0.39 is 0 Å². The van der Waals surface area contributed by atoms with Gasteiger partial charge in [0, 0.05) is 5.56 Å². The van der Waals surface area contributed by atoms with Crippen LogP contribution in [0.15, 0.2) is 16.9 Å². The standard InChI is InChI=1S/C7H6O/c1-3-7-5-8-4-6(7)2/h1,4-5H,2H3. The Morgan fingerprint density at radius 3 is 2.62 bits per heavy atom. The Hall–Kier alpha value is -1.16. The summed E-state index contributed by atoms with van der Waals surface area (Å²) < 4.78 is 4.79. The van der Waals surface area contributed by atoms with E-state index in [1.165, 1.54) is 0 Å². The molecule has 1 heteroatoms. The summed E-state index contributed by atoms with van der Waals surface area (Å²) in [6, 6.07) is 0. The molecule has 0 spiro atoms. The Balaban J connectivity index is 3.15. The number of aryl methyl sites for hydroxylation is 1. The van der Waals surface area contributed by atoms with E-state index in [2.05, 4.69) is 5.92 Å². The average Bonchev–Trinajstić information content (AvgIpc) is 2.14. The highest BCUT2D eigenvalue weighted by Crippen LogP contribution is 2.04. The minimum Gasteiger partial charge on any atom is -0.471 e. The molecule has 1 aromatic rings. The van der Waals surface area contributed by atoms with Crippen molar-refractivity contribution in [1.82, 2.24) is 0 Å². The van der Waals surface area contributed by atoms with Crippen LogP contribution >= 0.6 is 0 Å². The van der Waals surface area contributed by atoms with E-state index in [-0.39, 0.29) is 0 Å². The highest BCUT2D eigenvalue weighted by atomic mass is 16.3. The zero-order valence-electron chi connectivity index (χ0n) is 4.64. The highest BCUT2D eigenvalue weighted by molar-refractivity contribution is 5.34. The molecule has 0 aliphatic heterocycles. The fourth-order valence-electron chi connectivity index (χ4n) is 0.508. The van der Waals surface area contributed by atoms with Gasteiger partial charge in [-0.3, -0.25) is 0 Å². The molecule has 0 aromatic carbocycles. The van der Waals surface area contributed by atoms with Gasteiger partial charge in [0.1, 0.15) is 6.26 Å². The lowest BCUT2D eigenvalue weighted by Gasteiger charge is -1.76. The number of furan rings is 1. The SMILES string of the molecule is C#Cc1cocc1C. The van der Waals surface area contributed by atoms with Gasteiger partial charge >= 0.3 is 0 Å². The summed E-state index contributed by atoms with van der Waals surface area (Å²) in [6.07, 6.45) is 8.28. The summed E-state index contributed by atoms with van der Waals surface area (Å²) in [7, 11) is 0. The second-order valence-corrected chi connectivity index (χ2v) is 1.61. The fraction of sp³-hybridized carbons (Fsp3) is 0.143. The third kappa shape index (κ3) is 0.607. The lowest BCUT2D eigenvalue weighted by Crippen LogP contribution is -1.67. The van der Waals surface area contributed by atoms with Crippen LogP contribution in [0.3, 0.4) is 0 Å². The predicted molar refractivity (Wildman–Crippen MR) is 31.4 cm³/mol. The van der Waals surface area contributed by atoms with Crippen LogP contribution in [0, 0.1) is 19.3 Å². The Bertz CT molecular complexity index is 215. The summed E-state index contributed by atoms with van der Waals surface area (Å²) in [4.78, 5) is 0. The van der Waals surface area contributed by atoms with Crippen LogP contribution in [0.4, 0.5) is 0 Å².